The molecule has 1 N–H and O–H groups in total. The molecule has 0 saturated heterocycles. The number of benzene rings is 6. The lowest BCUT2D eigenvalue weighted by Gasteiger charge is -2.44. The van der Waals surface area contributed by atoms with Gasteiger partial charge in [-0.25, -0.2) is 0 Å². The van der Waals surface area contributed by atoms with Crippen molar-refractivity contribution < 1.29 is 4.79 Å². The Morgan fingerprint density at radius 3 is 1.25 bits per heavy atom. The Morgan fingerprint density at radius 1 is 0.407 bits per heavy atom. The van der Waals surface area contributed by atoms with Gasteiger partial charge in [0.15, 0.2) is 0 Å². The molecule has 0 spiro atoms. The zero-order valence-corrected chi connectivity index (χ0v) is 50.7. The van der Waals surface area contributed by atoms with Crippen molar-refractivity contribution in [2.24, 2.45) is 16.7 Å². The predicted molar refractivity (Wildman–Crippen MR) is 340 cm³/mol. The van der Waals surface area contributed by atoms with Gasteiger partial charge in [0.2, 0.25) is 0 Å². The lowest BCUT2D eigenvalue weighted by atomic mass is 9.59. The minimum absolute atomic E-state index is 0.0150. The lowest BCUT2D eigenvalue weighted by Crippen LogP contribution is -2.42. The molecule has 0 saturated carbocycles. The number of aromatic nitrogens is 3. The van der Waals surface area contributed by atoms with E-state index in [1.807, 2.05) is 36.7 Å². The van der Waals surface area contributed by atoms with Crippen molar-refractivity contribution in [3.05, 3.63) is 215 Å². The van der Waals surface area contributed by atoms with E-state index in [4.69, 9.17) is 15.0 Å². The maximum atomic E-state index is 14.8. The van der Waals surface area contributed by atoms with Gasteiger partial charge >= 0.3 is 0 Å². The van der Waals surface area contributed by atoms with E-state index in [1.165, 1.54) is 27.8 Å². The van der Waals surface area contributed by atoms with Gasteiger partial charge in [-0.05, 0) is 186 Å². The number of fused-ring (bicyclic) bond motifs is 2. The summed E-state index contributed by atoms with van der Waals surface area (Å²) in [5, 5.41) is 3.22. The summed E-state index contributed by atoms with van der Waals surface area (Å²) in [6, 6.07) is 54.2. The quantitative estimate of drug-likeness (QED) is 0.140. The molecule has 2 aliphatic rings. The van der Waals surface area contributed by atoms with Crippen molar-refractivity contribution in [2.45, 2.75) is 139 Å². The van der Waals surface area contributed by atoms with Crippen LogP contribution < -0.4 is 5.32 Å². The van der Waals surface area contributed by atoms with E-state index in [2.05, 4.69) is 243 Å². The minimum Gasteiger partial charge on any atom is -0.321 e. The summed E-state index contributed by atoms with van der Waals surface area (Å²) >= 11 is 0. The monoisotopic (exact) mass is 1060 g/mol. The van der Waals surface area contributed by atoms with Crippen LogP contribution in [0.4, 0.5) is 5.69 Å². The summed E-state index contributed by atoms with van der Waals surface area (Å²) < 4.78 is 0. The van der Waals surface area contributed by atoms with Gasteiger partial charge in [-0.3, -0.25) is 19.7 Å². The highest BCUT2D eigenvalue weighted by molar-refractivity contribution is 6.07. The van der Waals surface area contributed by atoms with Crippen LogP contribution in [0.3, 0.4) is 0 Å². The Morgan fingerprint density at radius 2 is 0.827 bits per heavy atom. The molecule has 0 fully saturated rings. The van der Waals surface area contributed by atoms with Gasteiger partial charge in [-0.2, -0.15) is 0 Å². The number of anilines is 1. The van der Waals surface area contributed by atoms with Gasteiger partial charge < -0.3 is 5.32 Å². The largest absolute Gasteiger partial charge is 0.321 e. The third-order valence-electron chi connectivity index (χ3n) is 21.0. The zero-order chi connectivity index (χ0) is 57.8. The van der Waals surface area contributed by atoms with Gasteiger partial charge in [0.1, 0.15) is 0 Å². The first-order chi connectivity index (χ1) is 38.2. The van der Waals surface area contributed by atoms with Gasteiger partial charge in [-0.1, -0.05) is 194 Å². The van der Waals surface area contributed by atoms with E-state index in [1.54, 1.807) is 6.20 Å². The number of rotatable bonds is 11. The summed E-state index contributed by atoms with van der Waals surface area (Å²) in [7, 11) is 0. The minimum atomic E-state index is -0.223. The molecule has 2 aliphatic carbocycles. The van der Waals surface area contributed by atoms with Crippen LogP contribution in [0.25, 0.3) is 78.3 Å². The maximum absolute atomic E-state index is 14.8. The van der Waals surface area contributed by atoms with Crippen LogP contribution in [0.15, 0.2) is 170 Å². The van der Waals surface area contributed by atoms with E-state index in [-0.39, 0.29) is 38.4 Å². The number of carbonyl (C=O) groups is 1. The first-order valence-electron chi connectivity index (χ1n) is 29.2. The average Bonchev–Trinajstić information content (AvgIpc) is 1.99. The van der Waals surface area contributed by atoms with Crippen LogP contribution in [-0.2, 0) is 28.1 Å². The molecule has 410 valence electrons. The number of nitrogens with zero attached hydrogens (tertiary/aromatic N) is 3. The zero-order valence-electron chi connectivity index (χ0n) is 50.7. The van der Waals surface area contributed by atoms with Gasteiger partial charge in [0.05, 0.1) is 29.0 Å². The fourth-order valence-corrected chi connectivity index (χ4v) is 13.6. The number of hydrogen-bond donors (Lipinski definition) is 1. The first-order valence-corrected chi connectivity index (χ1v) is 29.2. The van der Waals surface area contributed by atoms with E-state index < -0.39 is 0 Å². The summed E-state index contributed by atoms with van der Waals surface area (Å²) in [4.78, 5) is 30.0. The topological polar surface area (TPSA) is 67.8 Å². The van der Waals surface area contributed by atoms with E-state index in [0.29, 0.717) is 17.2 Å². The van der Waals surface area contributed by atoms with Crippen LogP contribution in [0.5, 0.6) is 0 Å². The van der Waals surface area contributed by atoms with Crippen molar-refractivity contribution in [1.82, 2.24) is 15.0 Å². The molecule has 0 bridgehead atoms. The second-order valence-electron chi connectivity index (χ2n) is 27.1. The van der Waals surface area contributed by atoms with Crippen molar-refractivity contribution in [3.8, 4) is 78.3 Å². The molecule has 5 nitrogen and oxygen atoms in total. The Bertz CT molecular complexity index is 3740. The van der Waals surface area contributed by atoms with Crippen LogP contribution in [0, 0.1) is 30.6 Å². The normalized spacial score (nSPS) is 16.7. The van der Waals surface area contributed by atoms with E-state index >= 15 is 0 Å². The second kappa shape index (κ2) is 19.8. The molecule has 5 heteroatoms. The number of carbonyl (C=O) groups excluding carboxylic acids is 1. The van der Waals surface area contributed by atoms with Gasteiger partial charge in [0, 0.05) is 45.8 Å². The Hall–Kier alpha value is -7.76. The Balaban J connectivity index is 0.976. The van der Waals surface area contributed by atoms with Gasteiger partial charge in [0.25, 0.3) is 5.91 Å². The smallest absolute Gasteiger partial charge is 0.255 e. The maximum Gasteiger partial charge on any atom is 0.255 e. The molecule has 81 heavy (non-hydrogen) atoms. The Kier molecular flexibility index (Phi) is 13.5. The van der Waals surface area contributed by atoms with Crippen molar-refractivity contribution in [2.75, 3.05) is 5.32 Å². The number of aryl methyl sites for hydroxylation is 2. The molecule has 11 rings (SSSR count). The predicted octanol–water partition coefficient (Wildman–Crippen LogP) is 19.8. The SMILES string of the molecule is Cc1cc(-c2ccc3c(c2)C(C)(C)C(C)(C)C3(C)C)ncc1-c1ccccc1-c1cc(C(=O)Nc2ccc(-c3ccc(CC(C)C)cc3)nc2)cc(-c2ccccc2-c2cnc(-c3ccc4c(c3)C(C)(C)C(C)(C)C4(C)C)cc2C)c1. The van der Waals surface area contributed by atoms with Crippen molar-refractivity contribution in [3.63, 3.8) is 0 Å². The molecule has 6 aromatic carbocycles. The molecule has 0 radical (unpaired) electrons. The van der Waals surface area contributed by atoms with Crippen LogP contribution in [0.2, 0.25) is 0 Å². The average molecular weight is 1070 g/mol. The summed E-state index contributed by atoms with van der Waals surface area (Å²) in [6.45, 7) is 37.6. The summed E-state index contributed by atoms with van der Waals surface area (Å²) in [5.41, 5.74) is 24.6. The molecular weight excluding hydrogens is 985 g/mol. The highest BCUT2D eigenvalue weighted by Gasteiger charge is 2.58. The highest BCUT2D eigenvalue weighted by Crippen LogP contribution is 2.63. The van der Waals surface area contributed by atoms with Crippen molar-refractivity contribution in [1.29, 1.82) is 0 Å². The highest BCUT2D eigenvalue weighted by atomic mass is 16.1. The molecule has 0 unspecified atom stereocenters. The summed E-state index contributed by atoms with van der Waals surface area (Å²) in [6.07, 6.45) is 6.85. The number of amides is 1. The number of hydrogen-bond acceptors (Lipinski definition) is 4. The van der Waals surface area contributed by atoms with E-state index in [0.717, 1.165) is 95.8 Å². The van der Waals surface area contributed by atoms with Crippen LogP contribution in [0.1, 0.15) is 146 Å². The molecular formula is C76H80N4O. The number of nitrogens with one attached hydrogen (secondary N) is 1. The first kappa shape index (κ1) is 55.2. The lowest BCUT2D eigenvalue weighted by molar-refractivity contribution is 0.102. The van der Waals surface area contributed by atoms with Crippen molar-refractivity contribution >= 4 is 11.6 Å². The fraction of sp³-hybridized carbons (Fsp3) is 0.316. The molecule has 0 atom stereocenters. The third-order valence-corrected chi connectivity index (χ3v) is 21.0. The van der Waals surface area contributed by atoms with Crippen LogP contribution in [-0.4, -0.2) is 20.9 Å². The molecule has 9 aromatic rings. The summed E-state index contributed by atoms with van der Waals surface area (Å²) in [5.74, 6) is 0.362. The molecule has 3 aromatic heterocycles. The molecule has 0 aliphatic heterocycles. The fourth-order valence-electron chi connectivity index (χ4n) is 13.6. The number of pyridine rings is 3. The standard InChI is InChI=1S/C76H80N4O/c1-46(2)35-49-25-27-50(28-26-49)67-34-31-56(43-77-67)80-70(81)55-39-53(57-21-17-19-23-59(57)61-44-78-68(36-47(61)3)51-29-32-63-65(41-51)73(9,10)75(13,14)71(63,5)6)38-54(40-55)58-22-18-20-24-60(58)62-45-79-69(37-48(62)4)52-30-33-64-66(42-52)74(11,12)76(15,16)72(64,7)8/h17-34,36-46H,35H2,1-16H3,(H,80,81). The molecule has 3 heterocycles. The second-order valence-corrected chi connectivity index (χ2v) is 27.1. The van der Waals surface area contributed by atoms with Gasteiger partial charge in [-0.15, -0.1) is 0 Å². The Labute approximate surface area is 482 Å². The van der Waals surface area contributed by atoms with E-state index in [9.17, 15) is 4.79 Å². The third kappa shape index (κ3) is 9.07. The van der Waals surface area contributed by atoms with Crippen LogP contribution >= 0.6 is 0 Å². The molecule has 1 amide bonds.